The Hall–Kier alpha value is -0.900. The van der Waals surface area contributed by atoms with Crippen LogP contribution in [0.5, 0.6) is 0 Å². The molecule has 0 fully saturated rings. The lowest BCUT2D eigenvalue weighted by molar-refractivity contribution is -0.138. The summed E-state index contributed by atoms with van der Waals surface area (Å²) >= 11 is 0. The summed E-state index contributed by atoms with van der Waals surface area (Å²) in [6, 6.07) is 0. The van der Waals surface area contributed by atoms with Crippen LogP contribution in [0.4, 0.5) is 0 Å². The van der Waals surface area contributed by atoms with Crippen molar-refractivity contribution < 1.29 is 14.7 Å². The van der Waals surface area contributed by atoms with Crippen LogP contribution in [0.3, 0.4) is 0 Å². The van der Waals surface area contributed by atoms with E-state index in [1.54, 1.807) is 7.05 Å². The molecule has 0 rings (SSSR count). The van der Waals surface area contributed by atoms with Crippen LogP contribution >= 0.6 is 0 Å². The van der Waals surface area contributed by atoms with Gasteiger partial charge in [0.15, 0.2) is 0 Å². The predicted octanol–water partition coefficient (Wildman–Crippen LogP) is 1.25. The van der Waals surface area contributed by atoms with E-state index in [1.807, 2.05) is 27.7 Å². The third kappa shape index (κ3) is 24.7. The molecule has 0 amide bonds. The Morgan fingerprint density at radius 3 is 1.92 bits per heavy atom. The van der Waals surface area contributed by atoms with Crippen molar-refractivity contribution in [3.8, 4) is 0 Å². The average molecular weight is 191 g/mol. The molecule has 0 bridgehead atoms. The number of carbonyl (C=O) groups is 2. The quantitative estimate of drug-likeness (QED) is 0.679. The number of aliphatic carboxylic acids is 1. The third-order valence-electron chi connectivity index (χ3n) is 0.791. The molecule has 0 atom stereocenters. The van der Waals surface area contributed by atoms with E-state index < -0.39 is 5.97 Å². The molecule has 13 heavy (non-hydrogen) atoms. The number of hydrogen-bond acceptors (Lipinski definition) is 3. The van der Waals surface area contributed by atoms with Gasteiger partial charge in [0.05, 0.1) is 13.1 Å². The van der Waals surface area contributed by atoms with Gasteiger partial charge in [0.2, 0.25) is 0 Å². The second kappa shape index (κ2) is 17.3. The van der Waals surface area contributed by atoms with Gasteiger partial charge in [0, 0.05) is 0 Å². The Labute approximate surface area is 80.5 Å². The number of carboxylic acids is 1. The summed E-state index contributed by atoms with van der Waals surface area (Å²) in [7, 11) is 1.57. The zero-order valence-corrected chi connectivity index (χ0v) is 9.20. The highest BCUT2D eigenvalue weighted by atomic mass is 16.4. The molecule has 4 nitrogen and oxygen atoms in total. The molecule has 0 aromatic rings. The fraction of sp³-hybridized carbons (Fsp3) is 0.778. The van der Waals surface area contributed by atoms with E-state index in [1.165, 1.54) is 4.90 Å². The molecule has 0 aliphatic heterocycles. The molecule has 80 valence electrons. The minimum absolute atomic E-state index is 0.0846. The van der Waals surface area contributed by atoms with E-state index in [2.05, 4.69) is 0 Å². The van der Waals surface area contributed by atoms with Crippen LogP contribution in [0.2, 0.25) is 0 Å². The van der Waals surface area contributed by atoms with Crippen LogP contribution in [-0.4, -0.2) is 42.4 Å². The molecule has 0 aromatic carbocycles. The van der Waals surface area contributed by atoms with E-state index in [4.69, 9.17) is 5.11 Å². The van der Waals surface area contributed by atoms with Gasteiger partial charge in [0.25, 0.3) is 0 Å². The Bertz CT molecular complexity index is 115. The maximum Gasteiger partial charge on any atom is 0.317 e. The first-order valence-electron chi connectivity index (χ1n) is 4.50. The van der Waals surface area contributed by atoms with Crippen molar-refractivity contribution in [3.63, 3.8) is 0 Å². The minimum atomic E-state index is -0.917. The Morgan fingerprint density at radius 1 is 1.31 bits per heavy atom. The van der Waals surface area contributed by atoms with Gasteiger partial charge in [-0.3, -0.25) is 9.69 Å². The molecule has 0 aliphatic carbocycles. The van der Waals surface area contributed by atoms with Gasteiger partial charge in [-0.05, 0) is 7.05 Å². The van der Waals surface area contributed by atoms with Crippen molar-refractivity contribution >= 4 is 12.3 Å². The van der Waals surface area contributed by atoms with E-state index in [9.17, 15) is 9.59 Å². The average Bonchev–Trinajstić information content (AvgIpc) is 2.10. The second-order valence-electron chi connectivity index (χ2n) is 1.76. The number of likely N-dealkylation sites (N-methyl/N-ethyl adjacent to an activating group) is 1. The topological polar surface area (TPSA) is 57.6 Å². The van der Waals surface area contributed by atoms with Crippen LogP contribution in [0.1, 0.15) is 27.7 Å². The molecule has 4 heteroatoms. The zero-order valence-electron chi connectivity index (χ0n) is 9.20. The lowest BCUT2D eigenvalue weighted by atomic mass is 10.5. The highest BCUT2D eigenvalue weighted by Crippen LogP contribution is 1.76. The van der Waals surface area contributed by atoms with Crippen LogP contribution in [0, 0.1) is 0 Å². The fourth-order valence-electron chi connectivity index (χ4n) is 0.423. The number of aldehydes is 1. The van der Waals surface area contributed by atoms with Crippen LogP contribution in [-0.2, 0) is 9.59 Å². The maximum atomic E-state index is 9.93. The first kappa shape index (κ1) is 18.0. The van der Waals surface area contributed by atoms with Gasteiger partial charge in [-0.25, -0.2) is 0 Å². The van der Waals surface area contributed by atoms with E-state index in [0.29, 0.717) is 6.29 Å². The van der Waals surface area contributed by atoms with Gasteiger partial charge in [-0.1, -0.05) is 27.7 Å². The largest absolute Gasteiger partial charge is 0.480 e. The lowest BCUT2D eigenvalue weighted by Crippen LogP contribution is -2.27. The lowest BCUT2D eigenvalue weighted by Gasteiger charge is -2.07. The molecule has 0 heterocycles. The first-order chi connectivity index (χ1) is 6.16. The van der Waals surface area contributed by atoms with Gasteiger partial charge in [0.1, 0.15) is 6.29 Å². The number of hydrogen-bond donors (Lipinski definition) is 1. The van der Waals surface area contributed by atoms with Crippen LogP contribution in [0.25, 0.3) is 0 Å². The highest BCUT2D eigenvalue weighted by Gasteiger charge is 2.00. The molecular formula is C9H21NO3. The molecule has 0 aromatic heterocycles. The summed E-state index contributed by atoms with van der Waals surface area (Å²) in [5, 5.41) is 8.15. The van der Waals surface area contributed by atoms with Crippen molar-refractivity contribution in [1.29, 1.82) is 0 Å². The summed E-state index contributed by atoms with van der Waals surface area (Å²) < 4.78 is 0. The number of carbonyl (C=O) groups excluding carboxylic acids is 1. The normalized spacial score (nSPS) is 7.54. The molecule has 0 spiro atoms. The molecule has 0 saturated heterocycles. The van der Waals surface area contributed by atoms with Crippen molar-refractivity contribution in [3.05, 3.63) is 0 Å². The summed E-state index contributed by atoms with van der Waals surface area (Å²) in [6.07, 6.45) is 0.670. The van der Waals surface area contributed by atoms with E-state index >= 15 is 0 Å². The van der Waals surface area contributed by atoms with Crippen LogP contribution < -0.4 is 0 Å². The second-order valence-corrected chi connectivity index (χ2v) is 1.76. The Kier molecular flexibility index (Phi) is 23.9. The predicted molar refractivity (Wildman–Crippen MR) is 53.9 cm³/mol. The fourth-order valence-corrected chi connectivity index (χ4v) is 0.423. The van der Waals surface area contributed by atoms with Crippen molar-refractivity contribution in [2.75, 3.05) is 20.1 Å². The Morgan fingerprint density at radius 2 is 1.69 bits per heavy atom. The van der Waals surface area contributed by atoms with Crippen molar-refractivity contribution in [1.82, 2.24) is 4.90 Å². The highest BCUT2D eigenvalue weighted by molar-refractivity contribution is 5.69. The van der Waals surface area contributed by atoms with E-state index in [-0.39, 0.29) is 13.1 Å². The van der Waals surface area contributed by atoms with Crippen molar-refractivity contribution in [2.45, 2.75) is 27.7 Å². The van der Waals surface area contributed by atoms with Gasteiger partial charge in [-0.15, -0.1) is 0 Å². The molecule has 0 radical (unpaired) electrons. The first-order valence-corrected chi connectivity index (χ1v) is 4.50. The van der Waals surface area contributed by atoms with Gasteiger partial charge >= 0.3 is 5.97 Å². The Balaban J connectivity index is -0.000000218. The van der Waals surface area contributed by atoms with E-state index in [0.717, 1.165) is 0 Å². The standard InChI is InChI=1S/C5H9NO3.2C2H6/c1-6(2-3-7)4-5(8)9;2*1-2/h3H,2,4H2,1H3,(H,8,9);2*1-2H3. The number of nitrogens with zero attached hydrogens (tertiary/aromatic N) is 1. The van der Waals surface area contributed by atoms with Gasteiger partial charge < -0.3 is 9.90 Å². The molecule has 0 saturated carbocycles. The van der Waals surface area contributed by atoms with Gasteiger partial charge in [-0.2, -0.15) is 0 Å². The summed E-state index contributed by atoms with van der Waals surface area (Å²) in [5.74, 6) is -0.917. The monoisotopic (exact) mass is 191 g/mol. The number of rotatable bonds is 4. The van der Waals surface area contributed by atoms with Crippen molar-refractivity contribution in [2.24, 2.45) is 0 Å². The smallest absolute Gasteiger partial charge is 0.317 e. The van der Waals surface area contributed by atoms with Crippen LogP contribution in [0.15, 0.2) is 0 Å². The zero-order chi connectivity index (χ0) is 11.3. The SMILES string of the molecule is CC.CC.CN(CC=O)CC(=O)O. The molecule has 0 aliphatic rings. The third-order valence-corrected chi connectivity index (χ3v) is 0.791. The summed E-state index contributed by atoms with van der Waals surface area (Å²) in [6.45, 7) is 8.09. The minimum Gasteiger partial charge on any atom is -0.480 e. The summed E-state index contributed by atoms with van der Waals surface area (Å²) in [5.41, 5.74) is 0. The molecule has 0 unspecified atom stereocenters. The number of carboxylic acid groups (broad SMARTS) is 1. The maximum absolute atomic E-state index is 9.93. The summed E-state index contributed by atoms with van der Waals surface area (Å²) in [4.78, 5) is 21.1. The molecule has 1 N–H and O–H groups in total. The molecular weight excluding hydrogens is 170 g/mol.